The van der Waals surface area contributed by atoms with E-state index in [1.54, 1.807) is 0 Å². The van der Waals surface area contributed by atoms with E-state index in [4.69, 9.17) is 17.3 Å². The summed E-state index contributed by atoms with van der Waals surface area (Å²) in [5.74, 6) is 0. The molecule has 0 saturated heterocycles. The molecule has 0 aliphatic carbocycles. The lowest BCUT2D eigenvalue weighted by Crippen LogP contribution is -2.02. The lowest BCUT2D eigenvalue weighted by Gasteiger charge is -2.03. The van der Waals surface area contributed by atoms with Gasteiger partial charge < -0.3 is 10.1 Å². The lowest BCUT2D eigenvalue weighted by molar-refractivity contribution is 0.957. The molecule has 0 unspecified atom stereocenters. The SMILES string of the molecule is Cc1ccc2nc(-c3ccc(Cl)cc3)c(CN)n2c1. The summed E-state index contributed by atoms with van der Waals surface area (Å²) < 4.78 is 2.05. The maximum Gasteiger partial charge on any atom is 0.137 e. The van der Waals surface area contributed by atoms with Gasteiger partial charge in [0.15, 0.2) is 0 Å². The van der Waals surface area contributed by atoms with E-state index in [0.717, 1.165) is 27.6 Å². The van der Waals surface area contributed by atoms with Crippen LogP contribution in [-0.4, -0.2) is 9.38 Å². The molecule has 0 radical (unpaired) electrons. The summed E-state index contributed by atoms with van der Waals surface area (Å²) >= 11 is 5.92. The Morgan fingerprint density at radius 1 is 1.16 bits per heavy atom. The Hall–Kier alpha value is -1.84. The largest absolute Gasteiger partial charge is 0.325 e. The standard InChI is InChI=1S/C15H14ClN3/c1-10-2-7-14-18-15(13(8-17)19(14)9-10)11-3-5-12(16)6-4-11/h2-7,9H,8,17H2,1H3. The van der Waals surface area contributed by atoms with E-state index >= 15 is 0 Å². The fourth-order valence-corrected chi connectivity index (χ4v) is 2.36. The van der Waals surface area contributed by atoms with Gasteiger partial charge in [-0.25, -0.2) is 4.98 Å². The maximum absolute atomic E-state index is 5.92. The van der Waals surface area contributed by atoms with Crippen molar-refractivity contribution in [1.82, 2.24) is 9.38 Å². The second-order valence-corrected chi connectivity index (χ2v) is 4.99. The predicted molar refractivity (Wildman–Crippen MR) is 78.3 cm³/mol. The third-order valence-electron chi connectivity index (χ3n) is 3.18. The molecular formula is C15H14ClN3. The molecule has 0 aliphatic heterocycles. The summed E-state index contributed by atoms with van der Waals surface area (Å²) in [4.78, 5) is 4.66. The number of aryl methyl sites for hydroxylation is 1. The molecule has 3 aromatic rings. The molecule has 4 heteroatoms. The molecule has 0 aliphatic rings. The second kappa shape index (κ2) is 4.68. The number of rotatable bonds is 2. The lowest BCUT2D eigenvalue weighted by atomic mass is 10.1. The number of hydrogen-bond donors (Lipinski definition) is 1. The van der Waals surface area contributed by atoms with Gasteiger partial charge in [0.2, 0.25) is 0 Å². The van der Waals surface area contributed by atoms with Gasteiger partial charge in [0.05, 0.1) is 11.4 Å². The van der Waals surface area contributed by atoms with Crippen molar-refractivity contribution in [3.63, 3.8) is 0 Å². The third kappa shape index (κ3) is 2.11. The highest BCUT2D eigenvalue weighted by atomic mass is 35.5. The fraction of sp³-hybridized carbons (Fsp3) is 0.133. The van der Waals surface area contributed by atoms with Crippen LogP contribution in [0.2, 0.25) is 5.02 Å². The van der Waals surface area contributed by atoms with Crippen molar-refractivity contribution in [3.05, 3.63) is 58.9 Å². The van der Waals surface area contributed by atoms with Gasteiger partial charge in [0, 0.05) is 23.3 Å². The number of nitrogens with two attached hydrogens (primary N) is 1. The first-order chi connectivity index (χ1) is 9.19. The van der Waals surface area contributed by atoms with Crippen molar-refractivity contribution in [1.29, 1.82) is 0 Å². The monoisotopic (exact) mass is 271 g/mol. The summed E-state index contributed by atoms with van der Waals surface area (Å²) in [7, 11) is 0. The highest BCUT2D eigenvalue weighted by Crippen LogP contribution is 2.25. The van der Waals surface area contributed by atoms with Crippen molar-refractivity contribution >= 4 is 17.2 Å². The first kappa shape index (κ1) is 12.2. The van der Waals surface area contributed by atoms with Gasteiger partial charge in [-0.3, -0.25) is 0 Å². The molecule has 0 atom stereocenters. The minimum Gasteiger partial charge on any atom is -0.325 e. The van der Waals surface area contributed by atoms with Crippen molar-refractivity contribution in [2.45, 2.75) is 13.5 Å². The highest BCUT2D eigenvalue weighted by molar-refractivity contribution is 6.30. The van der Waals surface area contributed by atoms with Crippen LogP contribution in [0.4, 0.5) is 0 Å². The van der Waals surface area contributed by atoms with Crippen LogP contribution >= 0.6 is 11.6 Å². The van der Waals surface area contributed by atoms with E-state index in [-0.39, 0.29) is 0 Å². The molecular weight excluding hydrogens is 258 g/mol. The number of fused-ring (bicyclic) bond motifs is 1. The summed E-state index contributed by atoms with van der Waals surface area (Å²) in [6.45, 7) is 2.50. The average Bonchev–Trinajstić information content (AvgIpc) is 2.77. The van der Waals surface area contributed by atoms with Crippen LogP contribution in [0, 0.1) is 6.92 Å². The zero-order valence-electron chi connectivity index (χ0n) is 10.6. The second-order valence-electron chi connectivity index (χ2n) is 4.55. The first-order valence-corrected chi connectivity index (χ1v) is 6.50. The van der Waals surface area contributed by atoms with E-state index in [2.05, 4.69) is 22.5 Å². The number of nitrogens with zero attached hydrogens (tertiary/aromatic N) is 2. The smallest absolute Gasteiger partial charge is 0.137 e. The van der Waals surface area contributed by atoms with Gasteiger partial charge in [-0.05, 0) is 30.7 Å². The zero-order valence-corrected chi connectivity index (χ0v) is 11.4. The van der Waals surface area contributed by atoms with E-state index in [9.17, 15) is 0 Å². The Labute approximate surface area is 116 Å². The summed E-state index contributed by atoms with van der Waals surface area (Å²) in [5.41, 5.74) is 11.0. The summed E-state index contributed by atoms with van der Waals surface area (Å²) in [6, 6.07) is 11.7. The van der Waals surface area contributed by atoms with Crippen LogP contribution in [0.3, 0.4) is 0 Å². The van der Waals surface area contributed by atoms with Crippen molar-refractivity contribution in [2.24, 2.45) is 5.73 Å². The molecule has 0 bridgehead atoms. The van der Waals surface area contributed by atoms with Gasteiger partial charge in [-0.2, -0.15) is 0 Å². The molecule has 0 spiro atoms. The van der Waals surface area contributed by atoms with Crippen LogP contribution in [0.1, 0.15) is 11.3 Å². The molecule has 0 fully saturated rings. The van der Waals surface area contributed by atoms with Gasteiger partial charge in [0.25, 0.3) is 0 Å². The zero-order chi connectivity index (χ0) is 13.4. The van der Waals surface area contributed by atoms with Crippen LogP contribution in [0.5, 0.6) is 0 Å². The maximum atomic E-state index is 5.92. The normalized spacial score (nSPS) is 11.1. The molecule has 2 heterocycles. The number of aromatic nitrogens is 2. The van der Waals surface area contributed by atoms with Gasteiger partial charge >= 0.3 is 0 Å². The van der Waals surface area contributed by atoms with Gasteiger partial charge in [-0.1, -0.05) is 29.8 Å². The van der Waals surface area contributed by atoms with Crippen molar-refractivity contribution < 1.29 is 0 Å². The van der Waals surface area contributed by atoms with Gasteiger partial charge in [0.1, 0.15) is 5.65 Å². The third-order valence-corrected chi connectivity index (χ3v) is 3.43. The Bertz CT molecular complexity index is 729. The average molecular weight is 272 g/mol. The molecule has 19 heavy (non-hydrogen) atoms. The van der Waals surface area contributed by atoms with Crippen molar-refractivity contribution in [3.8, 4) is 11.3 Å². The molecule has 3 rings (SSSR count). The van der Waals surface area contributed by atoms with Crippen molar-refractivity contribution in [2.75, 3.05) is 0 Å². The predicted octanol–water partition coefficient (Wildman–Crippen LogP) is 3.42. The fourth-order valence-electron chi connectivity index (χ4n) is 2.23. The van der Waals surface area contributed by atoms with Crippen LogP contribution < -0.4 is 5.73 Å². The van der Waals surface area contributed by atoms with Gasteiger partial charge in [-0.15, -0.1) is 0 Å². The Kier molecular flexibility index (Phi) is 3.01. The number of halogens is 1. The number of imidazole rings is 1. The van der Waals surface area contributed by atoms with Crippen LogP contribution in [-0.2, 0) is 6.54 Å². The number of hydrogen-bond acceptors (Lipinski definition) is 2. The molecule has 2 aromatic heterocycles. The van der Waals surface area contributed by atoms with E-state index in [1.165, 1.54) is 5.56 Å². The summed E-state index contributed by atoms with van der Waals surface area (Å²) in [5, 5.41) is 0.720. The minimum atomic E-state index is 0.447. The van der Waals surface area contributed by atoms with E-state index in [0.29, 0.717) is 6.54 Å². The molecule has 96 valence electrons. The highest BCUT2D eigenvalue weighted by Gasteiger charge is 2.12. The topological polar surface area (TPSA) is 43.3 Å². The first-order valence-electron chi connectivity index (χ1n) is 6.12. The minimum absolute atomic E-state index is 0.447. The number of pyridine rings is 1. The number of benzene rings is 1. The molecule has 0 saturated carbocycles. The van der Waals surface area contributed by atoms with E-state index in [1.807, 2.05) is 36.4 Å². The molecule has 0 amide bonds. The Balaban J connectivity index is 2.25. The molecule has 2 N–H and O–H groups in total. The van der Waals surface area contributed by atoms with E-state index < -0.39 is 0 Å². The quantitative estimate of drug-likeness (QED) is 0.776. The Morgan fingerprint density at radius 3 is 2.58 bits per heavy atom. The van der Waals surface area contributed by atoms with Crippen LogP contribution in [0.25, 0.3) is 16.9 Å². The molecule has 1 aromatic carbocycles. The van der Waals surface area contributed by atoms with Crippen LogP contribution in [0.15, 0.2) is 42.6 Å². The summed E-state index contributed by atoms with van der Waals surface area (Å²) in [6.07, 6.45) is 2.06. The Morgan fingerprint density at radius 2 is 1.89 bits per heavy atom. The molecule has 3 nitrogen and oxygen atoms in total.